The predicted molar refractivity (Wildman–Crippen MR) is 98.2 cm³/mol. The first-order valence-corrected chi connectivity index (χ1v) is 8.10. The second kappa shape index (κ2) is 9.83. The van der Waals surface area contributed by atoms with Gasteiger partial charge in [0.25, 0.3) is 0 Å². The molecule has 0 saturated carbocycles. The molecule has 2 aromatic carbocycles. The fourth-order valence-corrected chi connectivity index (χ4v) is 2.11. The lowest BCUT2D eigenvalue weighted by molar-refractivity contribution is -0.139. The lowest BCUT2D eigenvalue weighted by atomic mass is 10.2. The van der Waals surface area contributed by atoms with E-state index in [1.54, 1.807) is 18.2 Å². The summed E-state index contributed by atoms with van der Waals surface area (Å²) in [6.07, 6.45) is 1.42. The molecule has 0 aliphatic heterocycles. The molecule has 2 rings (SSSR count). The van der Waals surface area contributed by atoms with Gasteiger partial charge in [-0.25, -0.2) is 5.43 Å². The molecule has 0 saturated heterocycles. The summed E-state index contributed by atoms with van der Waals surface area (Å²) in [5.74, 6) is -0.412. The van der Waals surface area contributed by atoms with Crippen molar-refractivity contribution in [3.05, 3.63) is 59.7 Å². The van der Waals surface area contributed by atoms with Gasteiger partial charge in [-0.1, -0.05) is 30.3 Å². The summed E-state index contributed by atoms with van der Waals surface area (Å²) in [4.78, 5) is 23.5. The van der Waals surface area contributed by atoms with Crippen molar-refractivity contribution >= 4 is 18.0 Å². The van der Waals surface area contributed by atoms with Gasteiger partial charge < -0.3 is 14.8 Å². The highest BCUT2D eigenvalue weighted by atomic mass is 16.5. The molecule has 2 amide bonds. The number of ether oxygens (including phenoxy) is 2. The topological polar surface area (TPSA) is 89.0 Å². The molecule has 7 nitrogen and oxygen atoms in total. The van der Waals surface area contributed by atoms with E-state index in [2.05, 4.69) is 15.8 Å². The highest BCUT2D eigenvalue weighted by Crippen LogP contribution is 2.27. The average molecular weight is 355 g/mol. The molecule has 136 valence electrons. The van der Waals surface area contributed by atoms with Crippen LogP contribution in [0.5, 0.6) is 11.5 Å². The molecule has 2 N–H and O–H groups in total. The number of hydrazone groups is 1. The van der Waals surface area contributed by atoms with Crippen molar-refractivity contribution in [2.75, 3.05) is 13.7 Å². The molecule has 0 bridgehead atoms. The van der Waals surface area contributed by atoms with Crippen molar-refractivity contribution in [3.8, 4) is 11.5 Å². The fraction of sp³-hybridized carbons (Fsp3) is 0.211. The molecular weight excluding hydrogens is 334 g/mol. The van der Waals surface area contributed by atoms with Crippen molar-refractivity contribution in [1.82, 2.24) is 10.7 Å². The molecule has 0 fully saturated rings. The predicted octanol–water partition coefficient (Wildman–Crippen LogP) is 1.86. The quantitative estimate of drug-likeness (QED) is 0.451. The summed E-state index contributed by atoms with van der Waals surface area (Å²) >= 11 is 0. The third-order valence-electron chi connectivity index (χ3n) is 3.37. The molecule has 0 unspecified atom stereocenters. The highest BCUT2D eigenvalue weighted by molar-refractivity contribution is 6.35. The SMILES string of the molecule is CCOc1ccc(/C=N\NC(=O)C(=O)NCc2ccccc2)cc1OC. The van der Waals surface area contributed by atoms with E-state index in [1.165, 1.54) is 13.3 Å². The Morgan fingerprint density at radius 3 is 2.54 bits per heavy atom. The maximum absolute atomic E-state index is 11.7. The van der Waals surface area contributed by atoms with Crippen LogP contribution in [-0.4, -0.2) is 31.7 Å². The molecule has 0 aliphatic rings. The maximum atomic E-state index is 11.7. The van der Waals surface area contributed by atoms with E-state index in [9.17, 15) is 9.59 Å². The van der Waals surface area contributed by atoms with Crippen molar-refractivity contribution in [2.24, 2.45) is 5.10 Å². The number of benzene rings is 2. The number of nitrogens with one attached hydrogen (secondary N) is 2. The van der Waals surface area contributed by atoms with Crippen LogP contribution in [0.4, 0.5) is 0 Å². The maximum Gasteiger partial charge on any atom is 0.329 e. The number of hydrogen-bond donors (Lipinski definition) is 2. The first-order valence-electron chi connectivity index (χ1n) is 8.10. The zero-order valence-corrected chi connectivity index (χ0v) is 14.7. The standard InChI is InChI=1S/C19H21N3O4/c1-3-26-16-10-9-15(11-17(16)25-2)13-21-22-19(24)18(23)20-12-14-7-5-4-6-8-14/h4-11,13H,3,12H2,1-2H3,(H,20,23)(H,22,24)/b21-13-. The van der Waals surface area contributed by atoms with Gasteiger partial charge in [-0.2, -0.15) is 5.10 Å². The third-order valence-corrected chi connectivity index (χ3v) is 3.37. The van der Waals surface area contributed by atoms with Crippen LogP contribution in [0.1, 0.15) is 18.1 Å². The van der Waals surface area contributed by atoms with Crippen LogP contribution in [0.2, 0.25) is 0 Å². The largest absolute Gasteiger partial charge is 0.493 e. The number of carbonyl (C=O) groups excluding carboxylic acids is 2. The van der Waals surface area contributed by atoms with Gasteiger partial charge in [0.1, 0.15) is 0 Å². The minimum atomic E-state index is -0.838. The Hall–Kier alpha value is -3.35. The highest BCUT2D eigenvalue weighted by Gasteiger charge is 2.11. The third kappa shape index (κ3) is 5.62. The summed E-state index contributed by atoms with van der Waals surface area (Å²) in [7, 11) is 1.54. The van der Waals surface area contributed by atoms with Gasteiger partial charge in [-0.15, -0.1) is 0 Å². The summed E-state index contributed by atoms with van der Waals surface area (Å²) in [5.41, 5.74) is 3.78. The number of rotatable bonds is 7. The Balaban J connectivity index is 1.86. The van der Waals surface area contributed by atoms with E-state index in [0.29, 0.717) is 23.7 Å². The van der Waals surface area contributed by atoms with E-state index in [1.807, 2.05) is 37.3 Å². The Morgan fingerprint density at radius 1 is 1.08 bits per heavy atom. The van der Waals surface area contributed by atoms with Crippen LogP contribution in [0.25, 0.3) is 0 Å². The number of hydrogen-bond acceptors (Lipinski definition) is 5. The lowest BCUT2D eigenvalue weighted by Gasteiger charge is -2.09. The molecule has 2 aromatic rings. The van der Waals surface area contributed by atoms with Crippen LogP contribution >= 0.6 is 0 Å². The molecule has 0 aromatic heterocycles. The second-order valence-electron chi connectivity index (χ2n) is 5.21. The van der Waals surface area contributed by atoms with Crippen LogP contribution in [0.3, 0.4) is 0 Å². The van der Waals surface area contributed by atoms with Crippen molar-refractivity contribution in [2.45, 2.75) is 13.5 Å². The Bertz CT molecular complexity index is 776. The number of amides is 2. The Labute approximate surface area is 152 Å². The van der Waals surface area contributed by atoms with Crippen LogP contribution < -0.4 is 20.2 Å². The number of methoxy groups -OCH3 is 1. The van der Waals surface area contributed by atoms with Crippen molar-refractivity contribution in [1.29, 1.82) is 0 Å². The Kier molecular flexibility index (Phi) is 7.17. The minimum Gasteiger partial charge on any atom is -0.493 e. The van der Waals surface area contributed by atoms with Gasteiger partial charge in [0.2, 0.25) is 0 Å². The van der Waals surface area contributed by atoms with Crippen LogP contribution in [0, 0.1) is 0 Å². The minimum absolute atomic E-state index is 0.271. The van der Waals surface area contributed by atoms with Gasteiger partial charge in [0.15, 0.2) is 11.5 Å². The Morgan fingerprint density at radius 2 is 1.85 bits per heavy atom. The second-order valence-corrected chi connectivity index (χ2v) is 5.21. The smallest absolute Gasteiger partial charge is 0.329 e. The zero-order valence-electron chi connectivity index (χ0n) is 14.7. The fourth-order valence-electron chi connectivity index (χ4n) is 2.11. The van der Waals surface area contributed by atoms with E-state index in [-0.39, 0.29) is 6.54 Å². The van der Waals surface area contributed by atoms with Gasteiger partial charge in [-0.3, -0.25) is 9.59 Å². The zero-order chi connectivity index (χ0) is 18.8. The van der Waals surface area contributed by atoms with Crippen LogP contribution in [-0.2, 0) is 16.1 Å². The van der Waals surface area contributed by atoms with Crippen LogP contribution in [0.15, 0.2) is 53.6 Å². The van der Waals surface area contributed by atoms with E-state index < -0.39 is 11.8 Å². The van der Waals surface area contributed by atoms with Gasteiger partial charge in [-0.05, 0) is 36.2 Å². The van der Waals surface area contributed by atoms with Crippen molar-refractivity contribution in [3.63, 3.8) is 0 Å². The average Bonchev–Trinajstić information content (AvgIpc) is 2.68. The van der Waals surface area contributed by atoms with E-state index in [4.69, 9.17) is 9.47 Å². The summed E-state index contributed by atoms with van der Waals surface area (Å²) in [6, 6.07) is 14.5. The molecular formula is C19H21N3O4. The summed E-state index contributed by atoms with van der Waals surface area (Å²) in [6.45, 7) is 2.68. The molecule has 7 heteroatoms. The van der Waals surface area contributed by atoms with E-state index >= 15 is 0 Å². The molecule has 26 heavy (non-hydrogen) atoms. The molecule has 0 spiro atoms. The van der Waals surface area contributed by atoms with Crippen molar-refractivity contribution < 1.29 is 19.1 Å². The molecule has 0 heterocycles. The van der Waals surface area contributed by atoms with E-state index in [0.717, 1.165) is 5.56 Å². The molecule has 0 radical (unpaired) electrons. The normalized spacial score (nSPS) is 10.4. The van der Waals surface area contributed by atoms with Gasteiger partial charge >= 0.3 is 11.8 Å². The number of nitrogens with zero attached hydrogens (tertiary/aromatic N) is 1. The molecule has 0 atom stereocenters. The first-order chi connectivity index (χ1) is 12.6. The lowest BCUT2D eigenvalue weighted by Crippen LogP contribution is -2.37. The molecule has 0 aliphatic carbocycles. The summed E-state index contributed by atoms with van der Waals surface area (Å²) in [5, 5.41) is 6.31. The first kappa shape index (κ1) is 19.0. The summed E-state index contributed by atoms with van der Waals surface area (Å²) < 4.78 is 10.7. The number of carbonyl (C=O) groups is 2. The van der Waals surface area contributed by atoms with Gasteiger partial charge in [0, 0.05) is 6.54 Å². The monoisotopic (exact) mass is 355 g/mol. The van der Waals surface area contributed by atoms with Gasteiger partial charge in [0.05, 0.1) is 19.9 Å².